The van der Waals surface area contributed by atoms with Gasteiger partial charge in [-0.15, -0.1) is 0 Å². The van der Waals surface area contributed by atoms with Gasteiger partial charge in [-0.3, -0.25) is 4.79 Å². The van der Waals surface area contributed by atoms with Gasteiger partial charge in [0.05, 0.1) is 0 Å². The lowest BCUT2D eigenvalue weighted by atomic mass is 10.2. The SMILES string of the molecule is CC(C)NC(=O)/C(C#N)=C\N1CCN(c2ncccn2)CC1. The molecule has 0 atom stereocenters. The number of nitriles is 1. The minimum absolute atomic E-state index is 0.0105. The van der Waals surface area contributed by atoms with Gasteiger partial charge in [0, 0.05) is 50.8 Å². The summed E-state index contributed by atoms with van der Waals surface area (Å²) in [5.41, 5.74) is 0.137. The van der Waals surface area contributed by atoms with Crippen LogP contribution in [0, 0.1) is 11.3 Å². The molecule has 0 bridgehead atoms. The van der Waals surface area contributed by atoms with Crippen molar-refractivity contribution in [2.24, 2.45) is 0 Å². The molecule has 2 heterocycles. The van der Waals surface area contributed by atoms with E-state index in [1.807, 2.05) is 24.8 Å². The Kier molecular flexibility index (Phi) is 5.31. The van der Waals surface area contributed by atoms with Crippen molar-refractivity contribution in [3.05, 3.63) is 30.2 Å². The van der Waals surface area contributed by atoms with Gasteiger partial charge in [0.2, 0.25) is 5.95 Å². The number of hydrogen-bond acceptors (Lipinski definition) is 6. The van der Waals surface area contributed by atoms with Crippen molar-refractivity contribution in [1.29, 1.82) is 5.26 Å². The third-order valence-corrected chi connectivity index (χ3v) is 3.25. The molecule has 0 unspecified atom stereocenters. The van der Waals surface area contributed by atoms with Crippen molar-refractivity contribution in [1.82, 2.24) is 20.2 Å². The Balaban J connectivity index is 1.95. The number of nitrogens with zero attached hydrogens (tertiary/aromatic N) is 5. The normalized spacial score (nSPS) is 15.6. The standard InChI is InChI=1S/C15H20N6O/c1-12(2)19-14(22)13(10-16)11-20-6-8-21(9-7-20)15-17-4-3-5-18-15/h3-5,11-12H,6-9H2,1-2H3,(H,19,22)/b13-11-. The van der Waals surface area contributed by atoms with E-state index < -0.39 is 0 Å². The van der Waals surface area contributed by atoms with Gasteiger partial charge in [0.15, 0.2) is 0 Å². The Morgan fingerprint density at radius 3 is 2.50 bits per heavy atom. The van der Waals surface area contributed by atoms with E-state index in [-0.39, 0.29) is 17.5 Å². The maximum Gasteiger partial charge on any atom is 0.263 e. The molecule has 0 spiro atoms. The second kappa shape index (κ2) is 7.41. The molecule has 1 amide bonds. The first kappa shape index (κ1) is 15.8. The molecule has 0 saturated carbocycles. The van der Waals surface area contributed by atoms with E-state index in [1.165, 1.54) is 0 Å². The van der Waals surface area contributed by atoms with E-state index in [4.69, 9.17) is 5.26 Å². The number of hydrogen-bond donors (Lipinski definition) is 1. The highest BCUT2D eigenvalue weighted by atomic mass is 16.1. The van der Waals surface area contributed by atoms with Crippen LogP contribution < -0.4 is 10.2 Å². The molecule has 22 heavy (non-hydrogen) atoms. The maximum absolute atomic E-state index is 11.9. The number of rotatable bonds is 4. The summed E-state index contributed by atoms with van der Waals surface area (Å²) in [6, 6.07) is 3.76. The molecule has 1 fully saturated rings. The first-order valence-electron chi connectivity index (χ1n) is 7.29. The minimum atomic E-state index is -0.327. The van der Waals surface area contributed by atoms with Crippen molar-refractivity contribution in [3.8, 4) is 6.07 Å². The van der Waals surface area contributed by atoms with Crippen molar-refractivity contribution in [2.45, 2.75) is 19.9 Å². The lowest BCUT2D eigenvalue weighted by Crippen LogP contribution is -2.45. The average Bonchev–Trinajstić information content (AvgIpc) is 2.53. The van der Waals surface area contributed by atoms with Crippen molar-refractivity contribution >= 4 is 11.9 Å². The predicted molar refractivity (Wildman–Crippen MR) is 82.8 cm³/mol. The summed E-state index contributed by atoms with van der Waals surface area (Å²) >= 11 is 0. The second-order valence-electron chi connectivity index (χ2n) is 5.35. The number of carbonyl (C=O) groups excluding carboxylic acids is 1. The molecule has 2 rings (SSSR count). The molecule has 1 aliphatic heterocycles. The van der Waals surface area contributed by atoms with E-state index in [2.05, 4.69) is 20.2 Å². The lowest BCUT2D eigenvalue weighted by Gasteiger charge is -2.34. The number of piperazine rings is 1. The Morgan fingerprint density at radius 1 is 1.32 bits per heavy atom. The van der Waals surface area contributed by atoms with Crippen molar-refractivity contribution in [3.63, 3.8) is 0 Å². The molecule has 7 heteroatoms. The largest absolute Gasteiger partial charge is 0.373 e. The van der Waals surface area contributed by atoms with Crippen molar-refractivity contribution in [2.75, 3.05) is 31.1 Å². The van der Waals surface area contributed by atoms with Gasteiger partial charge in [0.1, 0.15) is 11.6 Å². The van der Waals surface area contributed by atoms with Crippen LogP contribution in [-0.4, -0.2) is 53.0 Å². The quantitative estimate of drug-likeness (QED) is 0.645. The van der Waals surface area contributed by atoms with E-state index in [9.17, 15) is 4.79 Å². The van der Waals surface area contributed by atoms with Crippen LogP contribution in [0.2, 0.25) is 0 Å². The minimum Gasteiger partial charge on any atom is -0.373 e. The smallest absolute Gasteiger partial charge is 0.263 e. The molecule has 1 aromatic rings. The van der Waals surface area contributed by atoms with Gasteiger partial charge < -0.3 is 15.1 Å². The Morgan fingerprint density at radius 2 is 1.95 bits per heavy atom. The molecule has 1 aromatic heterocycles. The number of amides is 1. The fraction of sp³-hybridized carbons (Fsp3) is 0.467. The van der Waals surface area contributed by atoms with Crippen LogP contribution in [-0.2, 0) is 4.79 Å². The monoisotopic (exact) mass is 300 g/mol. The molecule has 1 saturated heterocycles. The van der Waals surface area contributed by atoms with Gasteiger partial charge in [-0.2, -0.15) is 5.26 Å². The zero-order valence-electron chi connectivity index (χ0n) is 12.9. The summed E-state index contributed by atoms with van der Waals surface area (Å²) in [4.78, 5) is 24.4. The molecule has 1 aliphatic rings. The third-order valence-electron chi connectivity index (χ3n) is 3.25. The number of anilines is 1. The van der Waals surface area contributed by atoms with Crippen LogP contribution in [0.25, 0.3) is 0 Å². The van der Waals surface area contributed by atoms with Crippen LogP contribution >= 0.6 is 0 Å². The van der Waals surface area contributed by atoms with E-state index >= 15 is 0 Å². The van der Waals surface area contributed by atoms with E-state index in [0.717, 1.165) is 26.2 Å². The predicted octanol–water partition coefficient (Wildman–Crippen LogP) is 0.531. The fourth-order valence-corrected chi connectivity index (χ4v) is 2.17. The van der Waals surface area contributed by atoms with Crippen molar-refractivity contribution < 1.29 is 4.79 Å². The summed E-state index contributed by atoms with van der Waals surface area (Å²) in [6.07, 6.45) is 5.08. The molecule has 7 nitrogen and oxygen atoms in total. The second-order valence-corrected chi connectivity index (χ2v) is 5.35. The van der Waals surface area contributed by atoms with Crippen LogP contribution in [0.4, 0.5) is 5.95 Å². The molecule has 1 N–H and O–H groups in total. The van der Waals surface area contributed by atoms with Gasteiger partial charge in [-0.05, 0) is 19.9 Å². The molecular weight excluding hydrogens is 280 g/mol. The van der Waals surface area contributed by atoms with Crippen LogP contribution in [0.1, 0.15) is 13.8 Å². The van der Waals surface area contributed by atoms with E-state index in [0.29, 0.717) is 5.95 Å². The zero-order valence-corrected chi connectivity index (χ0v) is 12.9. The van der Waals surface area contributed by atoms with Crippen LogP contribution in [0.5, 0.6) is 0 Å². The molecular formula is C15H20N6O. The highest BCUT2D eigenvalue weighted by Gasteiger charge is 2.18. The Hall–Kier alpha value is -2.62. The van der Waals surface area contributed by atoms with Gasteiger partial charge in [-0.25, -0.2) is 9.97 Å². The topological polar surface area (TPSA) is 85.2 Å². The van der Waals surface area contributed by atoms with Gasteiger partial charge in [-0.1, -0.05) is 0 Å². The number of aromatic nitrogens is 2. The highest BCUT2D eigenvalue weighted by molar-refractivity contribution is 5.97. The van der Waals surface area contributed by atoms with Crippen LogP contribution in [0.3, 0.4) is 0 Å². The van der Waals surface area contributed by atoms with Crippen LogP contribution in [0.15, 0.2) is 30.2 Å². The number of nitrogens with one attached hydrogen (secondary N) is 1. The lowest BCUT2D eigenvalue weighted by molar-refractivity contribution is -0.117. The average molecular weight is 300 g/mol. The fourth-order valence-electron chi connectivity index (χ4n) is 2.17. The maximum atomic E-state index is 11.9. The molecule has 116 valence electrons. The molecule has 0 aromatic carbocycles. The van der Waals surface area contributed by atoms with Gasteiger partial charge >= 0.3 is 0 Å². The van der Waals surface area contributed by atoms with E-state index in [1.54, 1.807) is 24.7 Å². The third kappa shape index (κ3) is 4.19. The summed E-state index contributed by atoms with van der Waals surface area (Å²) < 4.78 is 0. The number of carbonyl (C=O) groups is 1. The molecule has 0 aliphatic carbocycles. The summed E-state index contributed by atoms with van der Waals surface area (Å²) in [5, 5.41) is 11.9. The summed E-state index contributed by atoms with van der Waals surface area (Å²) in [5.74, 6) is 0.385. The Labute approximate surface area is 130 Å². The summed E-state index contributed by atoms with van der Waals surface area (Å²) in [7, 11) is 0. The Bertz CT molecular complexity index is 569. The molecule has 0 radical (unpaired) electrons. The van der Waals surface area contributed by atoms with Gasteiger partial charge in [0.25, 0.3) is 5.91 Å². The zero-order chi connectivity index (χ0) is 15.9. The highest BCUT2D eigenvalue weighted by Crippen LogP contribution is 2.10. The first-order valence-corrected chi connectivity index (χ1v) is 7.29. The summed E-state index contributed by atoms with van der Waals surface area (Å²) in [6.45, 7) is 6.68. The first-order chi connectivity index (χ1) is 10.6.